The van der Waals surface area contributed by atoms with Gasteiger partial charge in [0.25, 0.3) is 0 Å². The maximum absolute atomic E-state index is 12.8. The van der Waals surface area contributed by atoms with Crippen molar-refractivity contribution in [1.29, 1.82) is 0 Å². The molecule has 2 N–H and O–H groups in total. The Labute approximate surface area is 565 Å². The standard InChI is InChI=1S/C26H35OP.C25H18O.C19H11F3O3S.C7H8BO3.C3H8.CH4O/c1-20-12-11-18-24(27-2)26(20)23-17-9-10-19-25(23)28(21-13-5-3-6-14-21)22-15-7-4-8-16-22;1-26-18-9-6-8-17(16-18)19-14-7-15-24-22-11-3-2-10-20(22)21-12-4-5-13-23(21)25(19)24;20-19(21,22)26(23,24)25-17-11-5-10-16-14-7-2-1-6-12(14)13-8-3-4-9-15(13)18(16)17;1-10-6-3-2-4-7(5-6)11-8-9;1-3-2;1-2/h9-12,17-19,21-22H,3-8,13-16H2,1-2H3;2-16H,1H3;1-11H;2-5,9H,1H3;3H2,1-2H3;2H,1H3. The van der Waals surface area contributed by atoms with E-state index in [0.717, 1.165) is 46.1 Å². The average Bonchev–Trinajstić information content (AvgIpc) is 0.729. The van der Waals surface area contributed by atoms with Crippen molar-refractivity contribution >= 4 is 95.7 Å². The predicted molar refractivity (Wildman–Crippen MR) is 395 cm³/mol. The van der Waals surface area contributed by atoms with Crippen LogP contribution in [0.25, 0.3) is 86.9 Å². The molecule has 0 saturated heterocycles. The summed E-state index contributed by atoms with van der Waals surface area (Å²) in [7, 11) is 0.844. The number of methoxy groups -OCH3 is 3. The molecule has 1 radical (unpaired) electrons. The van der Waals surface area contributed by atoms with Crippen molar-refractivity contribution in [1.82, 2.24) is 0 Å². The van der Waals surface area contributed by atoms with Crippen molar-refractivity contribution < 1.29 is 54.8 Å². The van der Waals surface area contributed by atoms with Gasteiger partial charge in [0.15, 0.2) is 5.75 Å². The van der Waals surface area contributed by atoms with Gasteiger partial charge in [0.2, 0.25) is 0 Å². The molecule has 15 heteroatoms. The van der Waals surface area contributed by atoms with Crippen LogP contribution in [0.5, 0.6) is 28.7 Å². The summed E-state index contributed by atoms with van der Waals surface area (Å²) in [5.74, 6) is 2.80. The van der Waals surface area contributed by atoms with Crippen LogP contribution >= 0.6 is 7.92 Å². The molecule has 497 valence electrons. The van der Waals surface area contributed by atoms with Crippen LogP contribution in [-0.4, -0.2) is 71.5 Å². The summed E-state index contributed by atoms with van der Waals surface area (Å²) < 4.78 is 86.7. The number of benzene rings is 12. The molecule has 0 bridgehead atoms. The molecule has 2 saturated carbocycles. The summed E-state index contributed by atoms with van der Waals surface area (Å²) in [4.78, 5) is 0. The molecule has 2 aliphatic carbocycles. The Morgan fingerprint density at radius 3 is 1.33 bits per heavy atom. The number of hydrogen-bond donors (Lipinski definition) is 2. The largest absolute Gasteiger partial charge is 0.569 e. The topological polar surface area (TPSA) is 121 Å². The van der Waals surface area contributed by atoms with Crippen molar-refractivity contribution in [3.63, 3.8) is 0 Å². The monoisotopic (exact) mass is 1330 g/mol. The van der Waals surface area contributed by atoms with E-state index in [-0.39, 0.29) is 13.7 Å². The van der Waals surface area contributed by atoms with E-state index in [1.165, 1.54) is 143 Å². The third-order valence-corrected chi connectivity index (χ3v) is 22.0. The lowest BCUT2D eigenvalue weighted by molar-refractivity contribution is -0.0499. The molecule has 96 heavy (non-hydrogen) atoms. The summed E-state index contributed by atoms with van der Waals surface area (Å²) >= 11 is 0. The number of hydrogen-bond acceptors (Lipinski definition) is 9. The van der Waals surface area contributed by atoms with Crippen molar-refractivity contribution in [3.05, 3.63) is 230 Å². The van der Waals surface area contributed by atoms with Crippen LogP contribution in [0.3, 0.4) is 0 Å². The maximum Gasteiger partial charge on any atom is 0.569 e. The molecule has 9 nitrogen and oxygen atoms in total. The highest BCUT2D eigenvalue weighted by Gasteiger charge is 2.49. The van der Waals surface area contributed by atoms with E-state index < -0.39 is 15.6 Å². The minimum atomic E-state index is -5.76. The Morgan fingerprint density at radius 1 is 0.458 bits per heavy atom. The number of halogens is 3. The van der Waals surface area contributed by atoms with Crippen molar-refractivity contribution in [2.75, 3.05) is 28.4 Å². The Kier molecular flexibility index (Phi) is 25.6. The third kappa shape index (κ3) is 16.6. The van der Waals surface area contributed by atoms with E-state index in [4.69, 9.17) is 29.0 Å². The molecule has 12 aromatic rings. The second kappa shape index (κ2) is 34.3. The SMILES string of the molecule is CCC.CO.COc1cccc(-c2cccc3c4ccccc4c4ccccc4c23)c1.COc1cccc(C)c1-c1ccccc1P(C1CCCCC1)C1CCCCC1.COc1cccc(O[B]O)c1.O=S(=O)(Oc1cccc2c3ccccc3c3ccccc3c12)C(F)(F)F. The average molecular weight is 1330 g/mol. The first-order chi connectivity index (χ1) is 46.7. The second-order valence-electron chi connectivity index (χ2n) is 23.6. The third-order valence-electron chi connectivity index (χ3n) is 17.4. The second-order valence-corrected chi connectivity index (χ2v) is 27.9. The molecule has 0 atom stereocenters. The maximum atomic E-state index is 12.8. The zero-order valence-corrected chi connectivity index (χ0v) is 57.3. The first-order valence-electron chi connectivity index (χ1n) is 32.8. The number of rotatable bonds is 12. The zero-order valence-electron chi connectivity index (χ0n) is 55.6. The van der Waals surface area contributed by atoms with Gasteiger partial charge >= 0.3 is 23.3 Å². The molecule has 2 aliphatic rings. The first-order valence-corrected chi connectivity index (χ1v) is 35.6. The highest BCUT2D eigenvalue weighted by Crippen LogP contribution is 2.57. The smallest absolute Gasteiger partial charge is 0.537 e. The number of alkyl halides is 3. The lowest BCUT2D eigenvalue weighted by Gasteiger charge is -2.39. The molecular formula is C81H84BF3O9PS. The van der Waals surface area contributed by atoms with Gasteiger partial charge in [-0.05, 0) is 167 Å². The van der Waals surface area contributed by atoms with Gasteiger partial charge in [-0.25, -0.2) is 0 Å². The van der Waals surface area contributed by atoms with Crippen LogP contribution in [0, 0.1) is 6.92 Å². The van der Waals surface area contributed by atoms with E-state index in [2.05, 4.69) is 152 Å². The van der Waals surface area contributed by atoms with Gasteiger partial charge in [-0.1, -0.05) is 249 Å². The highest BCUT2D eigenvalue weighted by molar-refractivity contribution is 7.88. The van der Waals surface area contributed by atoms with E-state index in [1.54, 1.807) is 62.0 Å². The van der Waals surface area contributed by atoms with E-state index >= 15 is 0 Å². The fourth-order valence-corrected chi connectivity index (χ4v) is 17.8. The predicted octanol–water partition coefficient (Wildman–Crippen LogP) is 21.3. The van der Waals surface area contributed by atoms with Crippen LogP contribution in [0.15, 0.2) is 224 Å². The fraction of sp³-hybridized carbons (Fsp3) is 0.259. The Bertz CT molecular complexity index is 4540. The molecule has 0 amide bonds. The summed E-state index contributed by atoms with van der Waals surface area (Å²) in [6.45, 7) is 6.48. The van der Waals surface area contributed by atoms with Gasteiger partial charge in [0.1, 0.15) is 23.0 Å². The van der Waals surface area contributed by atoms with Gasteiger partial charge in [-0.2, -0.15) is 21.6 Å². The lowest BCUT2D eigenvalue weighted by atomic mass is 9.89. The summed E-state index contributed by atoms with van der Waals surface area (Å²) in [5, 5.41) is 28.8. The van der Waals surface area contributed by atoms with E-state index in [1.807, 2.05) is 49.6 Å². The zero-order chi connectivity index (χ0) is 68.2. The number of fused-ring (bicyclic) bond motifs is 12. The van der Waals surface area contributed by atoms with E-state index in [9.17, 15) is 21.6 Å². The van der Waals surface area contributed by atoms with Gasteiger partial charge in [0, 0.05) is 24.1 Å². The molecular weight excluding hydrogens is 1250 g/mol. The Balaban J connectivity index is 0.000000152. The van der Waals surface area contributed by atoms with Crippen molar-refractivity contribution in [2.24, 2.45) is 0 Å². The highest BCUT2D eigenvalue weighted by atomic mass is 32.2. The molecule has 12 aromatic carbocycles. The number of ether oxygens (including phenoxy) is 3. The first kappa shape index (κ1) is 71.6. The van der Waals surface area contributed by atoms with Crippen molar-refractivity contribution in [2.45, 2.75) is 108 Å². The Morgan fingerprint density at radius 2 is 0.844 bits per heavy atom. The molecule has 0 unspecified atom stereocenters. The molecule has 14 rings (SSSR count). The Hall–Kier alpha value is -8.65. The molecule has 0 heterocycles. The van der Waals surface area contributed by atoms with Crippen LogP contribution in [-0.2, 0) is 10.1 Å². The van der Waals surface area contributed by atoms with Gasteiger partial charge in [-0.15, -0.1) is 0 Å². The summed E-state index contributed by atoms with van der Waals surface area (Å²) in [6.07, 6.45) is 15.7. The van der Waals surface area contributed by atoms with Gasteiger partial charge in [-0.3, -0.25) is 0 Å². The van der Waals surface area contributed by atoms with Crippen LogP contribution < -0.4 is 28.4 Å². The quantitative estimate of drug-likeness (QED) is 0.0405. The van der Waals surface area contributed by atoms with E-state index in [0.29, 0.717) is 35.3 Å². The van der Waals surface area contributed by atoms with Crippen LogP contribution in [0.4, 0.5) is 13.2 Å². The minimum Gasteiger partial charge on any atom is -0.537 e. The molecule has 2 fully saturated rings. The number of aliphatic hydroxyl groups excluding tert-OH is 1. The van der Waals surface area contributed by atoms with Gasteiger partial charge in [0.05, 0.1) is 21.3 Å². The fourth-order valence-electron chi connectivity index (χ4n) is 13.4. The molecule has 0 aromatic heterocycles. The minimum absolute atomic E-state index is 0.122. The number of aryl methyl sites for hydroxylation is 1. The molecule has 0 aliphatic heterocycles. The summed E-state index contributed by atoms with van der Waals surface area (Å²) in [5.41, 5.74) is 2.85. The van der Waals surface area contributed by atoms with Crippen LogP contribution in [0.1, 0.15) is 90.0 Å². The lowest BCUT2D eigenvalue weighted by Crippen LogP contribution is -2.28. The summed E-state index contributed by atoms with van der Waals surface area (Å²) in [6, 6.07) is 74.0. The number of aliphatic hydroxyl groups is 1. The molecule has 0 spiro atoms. The van der Waals surface area contributed by atoms with Crippen molar-refractivity contribution in [3.8, 4) is 51.0 Å². The van der Waals surface area contributed by atoms with Crippen LogP contribution in [0.2, 0.25) is 0 Å². The van der Waals surface area contributed by atoms with Gasteiger partial charge < -0.3 is 33.2 Å². The normalized spacial score (nSPS) is 13.3.